The zero-order valence-electron chi connectivity index (χ0n) is 21.0. The zero-order chi connectivity index (χ0) is 22.0. The van der Waals surface area contributed by atoms with Crippen LogP contribution < -0.4 is 0 Å². The van der Waals surface area contributed by atoms with Crippen LogP contribution >= 0.6 is 24.8 Å². The van der Waals surface area contributed by atoms with Gasteiger partial charge < -0.3 is 9.47 Å². The van der Waals surface area contributed by atoms with Gasteiger partial charge in [0.25, 0.3) is 0 Å². The van der Waals surface area contributed by atoms with Crippen molar-refractivity contribution in [2.24, 2.45) is 0 Å². The number of hydrogen-bond acceptors (Lipinski definition) is 7. The summed E-state index contributed by atoms with van der Waals surface area (Å²) in [5.74, 6) is 0. The fraction of sp³-hybridized carbons (Fsp3) is 0.960. The molecule has 0 atom stereocenters. The smallest absolute Gasteiger partial charge is 0.431 e. The molecule has 0 N–H and O–H groups in total. The third kappa shape index (κ3) is 8.97. The highest BCUT2D eigenvalue weighted by Crippen LogP contribution is 2.21. The van der Waals surface area contributed by atoms with Crippen LogP contribution in [-0.4, -0.2) is 104 Å². The fourth-order valence-electron chi connectivity index (χ4n) is 6.08. The number of halogens is 2. The van der Waals surface area contributed by atoms with Crippen LogP contribution in [0, 0.1) is 0 Å². The summed E-state index contributed by atoms with van der Waals surface area (Å²) in [6.07, 6.45) is 15.2. The summed E-state index contributed by atoms with van der Waals surface area (Å²) in [6, 6.07) is 0. The molecule has 34 heavy (non-hydrogen) atoms. The number of rotatable bonds is 8. The molecular formula is C25H48Cl2N4O3. The van der Waals surface area contributed by atoms with Crippen molar-refractivity contribution in [3.05, 3.63) is 0 Å². The van der Waals surface area contributed by atoms with E-state index >= 15 is 0 Å². The average Bonchev–Trinajstić information content (AvgIpc) is 2.87. The van der Waals surface area contributed by atoms with E-state index in [4.69, 9.17) is 9.47 Å². The topological polar surface area (TPSA) is 48.5 Å². The molecule has 4 aliphatic rings. The van der Waals surface area contributed by atoms with Crippen LogP contribution in [0.25, 0.3) is 0 Å². The SMILES string of the molecule is Cl.Cl.O=C(OCC(N1CCCCC1)N1CCCCC1)OCC(N1CCCCC1)N1CCCCC1. The van der Waals surface area contributed by atoms with E-state index in [0.717, 1.165) is 52.4 Å². The molecule has 0 bridgehead atoms. The van der Waals surface area contributed by atoms with E-state index in [2.05, 4.69) is 19.6 Å². The summed E-state index contributed by atoms with van der Waals surface area (Å²) in [7, 11) is 0. The zero-order valence-corrected chi connectivity index (χ0v) is 22.7. The van der Waals surface area contributed by atoms with Crippen LogP contribution in [0.4, 0.5) is 4.79 Å². The van der Waals surface area contributed by atoms with Crippen molar-refractivity contribution in [1.29, 1.82) is 0 Å². The molecule has 0 unspecified atom stereocenters. The van der Waals surface area contributed by atoms with Crippen molar-refractivity contribution >= 4 is 31.0 Å². The molecule has 0 aliphatic carbocycles. The lowest BCUT2D eigenvalue weighted by atomic mass is 10.1. The first kappa shape index (κ1) is 29.9. The molecule has 9 heteroatoms. The van der Waals surface area contributed by atoms with E-state index in [0.29, 0.717) is 13.2 Å². The second kappa shape index (κ2) is 16.4. The van der Waals surface area contributed by atoms with Crippen molar-refractivity contribution < 1.29 is 14.3 Å². The van der Waals surface area contributed by atoms with E-state index in [1.54, 1.807) is 0 Å². The van der Waals surface area contributed by atoms with Gasteiger partial charge in [-0.1, -0.05) is 25.7 Å². The van der Waals surface area contributed by atoms with Gasteiger partial charge in [0.2, 0.25) is 0 Å². The quantitative estimate of drug-likeness (QED) is 0.432. The standard InChI is InChI=1S/C25H46N4O3.2ClH/c30-25(31-21-23(26-13-5-1-6-14-26)27-15-7-2-8-16-27)32-22-24(28-17-9-3-10-18-28)29-19-11-4-12-20-29;;/h23-24H,1-22H2;2*1H. The van der Waals surface area contributed by atoms with E-state index in [9.17, 15) is 4.79 Å². The molecular weight excluding hydrogens is 475 g/mol. The van der Waals surface area contributed by atoms with Crippen LogP contribution in [0.2, 0.25) is 0 Å². The number of hydrogen-bond donors (Lipinski definition) is 0. The lowest BCUT2D eigenvalue weighted by Gasteiger charge is -2.43. The summed E-state index contributed by atoms with van der Waals surface area (Å²) < 4.78 is 11.5. The van der Waals surface area contributed by atoms with E-state index in [1.165, 1.54) is 77.0 Å². The maximum atomic E-state index is 12.7. The van der Waals surface area contributed by atoms with Gasteiger partial charge in [-0.25, -0.2) is 4.79 Å². The minimum atomic E-state index is -0.483. The van der Waals surface area contributed by atoms with Crippen molar-refractivity contribution in [2.45, 2.75) is 89.4 Å². The first-order valence-corrected chi connectivity index (χ1v) is 13.6. The summed E-state index contributed by atoms with van der Waals surface area (Å²) in [4.78, 5) is 22.8. The first-order valence-electron chi connectivity index (χ1n) is 13.6. The van der Waals surface area contributed by atoms with Gasteiger partial charge in [0.05, 0.1) is 12.3 Å². The van der Waals surface area contributed by atoms with Crippen LogP contribution in [0.5, 0.6) is 0 Å². The van der Waals surface area contributed by atoms with E-state index in [1.807, 2.05) is 0 Å². The van der Waals surface area contributed by atoms with E-state index < -0.39 is 6.16 Å². The Balaban J connectivity index is 0.00000204. The molecule has 4 rings (SSSR count). The maximum Gasteiger partial charge on any atom is 0.508 e. The van der Waals surface area contributed by atoms with Crippen molar-refractivity contribution in [2.75, 3.05) is 65.6 Å². The minimum absolute atomic E-state index is 0. The van der Waals surface area contributed by atoms with Gasteiger partial charge >= 0.3 is 6.16 Å². The van der Waals surface area contributed by atoms with Crippen LogP contribution in [0.3, 0.4) is 0 Å². The Labute approximate surface area is 219 Å². The lowest BCUT2D eigenvalue weighted by Crippen LogP contribution is -2.55. The molecule has 4 saturated heterocycles. The number of carbonyl (C=O) groups is 1. The van der Waals surface area contributed by atoms with Gasteiger partial charge in [0.1, 0.15) is 13.2 Å². The van der Waals surface area contributed by atoms with Gasteiger partial charge in [-0.15, -0.1) is 24.8 Å². The summed E-state index contributed by atoms with van der Waals surface area (Å²) in [5, 5.41) is 0. The van der Waals surface area contributed by atoms with Crippen molar-refractivity contribution in [3.63, 3.8) is 0 Å². The number of carbonyl (C=O) groups excluding carboxylic acids is 1. The van der Waals surface area contributed by atoms with Gasteiger partial charge in [-0.2, -0.15) is 0 Å². The van der Waals surface area contributed by atoms with Gasteiger partial charge in [0, 0.05) is 0 Å². The largest absolute Gasteiger partial charge is 0.508 e. The monoisotopic (exact) mass is 522 g/mol. The molecule has 4 aliphatic heterocycles. The highest BCUT2D eigenvalue weighted by molar-refractivity contribution is 5.85. The average molecular weight is 524 g/mol. The molecule has 0 radical (unpaired) electrons. The predicted molar refractivity (Wildman–Crippen MR) is 141 cm³/mol. The second-order valence-corrected chi connectivity index (χ2v) is 10.2. The molecule has 0 aromatic carbocycles. The molecule has 0 aromatic heterocycles. The van der Waals surface area contributed by atoms with Crippen molar-refractivity contribution in [1.82, 2.24) is 19.6 Å². The normalized spacial score (nSPS) is 23.8. The second-order valence-electron chi connectivity index (χ2n) is 10.2. The third-order valence-electron chi connectivity index (χ3n) is 7.95. The lowest BCUT2D eigenvalue weighted by molar-refractivity contribution is -0.0571. The Kier molecular flexibility index (Phi) is 14.5. The Morgan fingerprint density at radius 1 is 0.471 bits per heavy atom. The van der Waals surface area contributed by atoms with Gasteiger partial charge in [0.15, 0.2) is 0 Å². The summed E-state index contributed by atoms with van der Waals surface area (Å²) >= 11 is 0. The Hall–Kier alpha value is -0.310. The fourth-order valence-corrected chi connectivity index (χ4v) is 6.08. The maximum absolute atomic E-state index is 12.7. The van der Waals surface area contributed by atoms with Crippen LogP contribution in [-0.2, 0) is 9.47 Å². The molecule has 0 amide bonds. The number of nitrogens with zero attached hydrogens (tertiary/aromatic N) is 4. The summed E-state index contributed by atoms with van der Waals surface area (Å²) in [6.45, 7) is 9.79. The number of ether oxygens (including phenoxy) is 2. The van der Waals surface area contributed by atoms with Crippen molar-refractivity contribution in [3.8, 4) is 0 Å². The molecule has 200 valence electrons. The van der Waals surface area contributed by atoms with Gasteiger partial charge in [-0.05, 0) is 104 Å². The molecule has 4 heterocycles. The number of piperidine rings is 4. The Bertz CT molecular complexity index is 468. The molecule has 0 aromatic rings. The minimum Gasteiger partial charge on any atom is -0.431 e. The highest BCUT2D eigenvalue weighted by atomic mass is 35.5. The molecule has 7 nitrogen and oxygen atoms in total. The van der Waals surface area contributed by atoms with Crippen LogP contribution in [0.15, 0.2) is 0 Å². The first-order chi connectivity index (χ1) is 15.8. The summed E-state index contributed by atoms with van der Waals surface area (Å²) in [5.41, 5.74) is 0. The molecule has 0 saturated carbocycles. The molecule has 4 fully saturated rings. The Morgan fingerprint density at radius 3 is 0.941 bits per heavy atom. The molecule has 0 spiro atoms. The third-order valence-corrected chi connectivity index (χ3v) is 7.95. The highest BCUT2D eigenvalue weighted by Gasteiger charge is 2.31. The van der Waals surface area contributed by atoms with E-state index in [-0.39, 0.29) is 37.1 Å². The van der Waals surface area contributed by atoms with Gasteiger partial charge in [-0.3, -0.25) is 19.6 Å². The Morgan fingerprint density at radius 2 is 0.706 bits per heavy atom. The predicted octanol–water partition coefficient (Wildman–Crippen LogP) is 4.58. The van der Waals surface area contributed by atoms with Crippen LogP contribution in [0.1, 0.15) is 77.0 Å². The number of likely N-dealkylation sites (tertiary alicyclic amines) is 4.